The Hall–Kier alpha value is -4.11. The van der Waals surface area contributed by atoms with Crippen LogP contribution in [0.1, 0.15) is 30.8 Å². The van der Waals surface area contributed by atoms with Gasteiger partial charge in [0.25, 0.3) is 5.91 Å². The zero-order chi connectivity index (χ0) is 31.0. The van der Waals surface area contributed by atoms with Gasteiger partial charge in [-0.15, -0.1) is 0 Å². The Balaban J connectivity index is 1.31. The highest BCUT2D eigenvalue weighted by Gasteiger charge is 2.33. The van der Waals surface area contributed by atoms with E-state index in [1.54, 1.807) is 36.4 Å². The molecule has 0 atom stereocenters. The molecule has 10 heteroatoms. The number of anilines is 1. The number of hydrogen-bond acceptors (Lipinski definition) is 4. The van der Waals surface area contributed by atoms with Crippen LogP contribution in [0.15, 0.2) is 97.2 Å². The van der Waals surface area contributed by atoms with E-state index < -0.39 is 16.1 Å². The Morgan fingerprint density at radius 2 is 1.45 bits per heavy atom. The van der Waals surface area contributed by atoms with Gasteiger partial charge >= 0.3 is 10.2 Å². The van der Waals surface area contributed by atoms with E-state index in [1.807, 2.05) is 21.6 Å². The van der Waals surface area contributed by atoms with Gasteiger partial charge in [0.15, 0.2) is 0 Å². The number of aromatic nitrogens is 2. The second-order valence-electron chi connectivity index (χ2n) is 11.3. The molecule has 1 saturated heterocycles. The Labute approximate surface area is 267 Å². The summed E-state index contributed by atoms with van der Waals surface area (Å²) in [6.07, 6.45) is 3.51. The van der Waals surface area contributed by atoms with Crippen LogP contribution in [-0.2, 0) is 27.8 Å². The van der Waals surface area contributed by atoms with Crippen LogP contribution in [0.5, 0.6) is 0 Å². The van der Waals surface area contributed by atoms with Crippen LogP contribution in [-0.4, -0.2) is 30.4 Å². The van der Waals surface area contributed by atoms with Crippen molar-refractivity contribution >= 4 is 45.0 Å². The Morgan fingerprint density at radius 1 is 0.841 bits per heavy atom. The molecular formula is C34H30Cl2N4O3S. The highest BCUT2D eigenvalue weighted by molar-refractivity contribution is 7.92. The standard InChI is InChI=1S/C34H30Cl2N4O3S/c1-22(2)17-23-3-7-25(8-4-23)26-9-5-24(6-10-26)18-33-37-32(30-16-11-27(35)19-31(30)36)20-39(33)28-12-14-29(15-13-28)40-21-34(41)38-44(40,42)43/h3-16,19-20,22H,17-18,21H2,1-2H3,(H,38,41). The molecule has 0 saturated carbocycles. The van der Waals surface area contributed by atoms with E-state index in [0.29, 0.717) is 33.8 Å². The number of nitrogens with zero attached hydrogens (tertiary/aromatic N) is 3. The third-order valence-corrected chi connectivity index (χ3v) is 9.42. The largest absolute Gasteiger partial charge is 0.326 e. The summed E-state index contributed by atoms with van der Waals surface area (Å²) in [4.78, 5) is 16.7. The first-order chi connectivity index (χ1) is 21.1. The van der Waals surface area contributed by atoms with Gasteiger partial charge < -0.3 is 4.57 Å². The molecule has 5 aromatic rings. The summed E-state index contributed by atoms with van der Waals surface area (Å²) < 4.78 is 29.7. The second kappa shape index (κ2) is 12.1. The van der Waals surface area contributed by atoms with Crippen molar-refractivity contribution in [2.75, 3.05) is 10.8 Å². The number of hydrogen-bond donors (Lipinski definition) is 1. The van der Waals surface area contributed by atoms with Gasteiger partial charge in [0.05, 0.1) is 16.4 Å². The van der Waals surface area contributed by atoms with Crippen LogP contribution in [0.2, 0.25) is 10.0 Å². The molecule has 1 fully saturated rings. The number of imidazole rings is 1. The molecule has 0 aliphatic carbocycles. The predicted octanol–water partition coefficient (Wildman–Crippen LogP) is 7.48. The lowest BCUT2D eigenvalue weighted by molar-refractivity contribution is -0.117. The van der Waals surface area contributed by atoms with E-state index in [9.17, 15) is 13.2 Å². The quantitative estimate of drug-likeness (QED) is 0.190. The number of amides is 1. The van der Waals surface area contributed by atoms with E-state index in [-0.39, 0.29) is 6.54 Å². The molecule has 1 N–H and O–H groups in total. The third-order valence-electron chi connectivity index (χ3n) is 7.47. The highest BCUT2D eigenvalue weighted by Crippen LogP contribution is 2.32. The maximum atomic E-state index is 12.3. The third kappa shape index (κ3) is 6.38. The van der Waals surface area contributed by atoms with Crippen LogP contribution in [0, 0.1) is 5.92 Å². The molecule has 1 aliphatic rings. The lowest BCUT2D eigenvalue weighted by Gasteiger charge is -2.15. The van der Waals surface area contributed by atoms with E-state index in [1.165, 1.54) is 11.1 Å². The van der Waals surface area contributed by atoms with Gasteiger partial charge in [-0.25, -0.2) is 14.0 Å². The van der Waals surface area contributed by atoms with Crippen LogP contribution >= 0.6 is 23.2 Å². The number of rotatable bonds is 8. The summed E-state index contributed by atoms with van der Waals surface area (Å²) in [5, 5.41) is 1.03. The lowest BCUT2D eigenvalue weighted by Crippen LogP contribution is -2.29. The fourth-order valence-electron chi connectivity index (χ4n) is 5.35. The highest BCUT2D eigenvalue weighted by atomic mass is 35.5. The van der Waals surface area contributed by atoms with Crippen molar-refractivity contribution in [2.45, 2.75) is 26.7 Å². The molecule has 1 aromatic heterocycles. The summed E-state index contributed by atoms with van der Waals surface area (Å²) in [6, 6.07) is 29.5. The monoisotopic (exact) mass is 644 g/mol. The summed E-state index contributed by atoms with van der Waals surface area (Å²) in [5.74, 6) is 0.825. The maximum absolute atomic E-state index is 12.3. The normalized spacial score (nSPS) is 14.3. The van der Waals surface area contributed by atoms with E-state index >= 15 is 0 Å². The molecular weight excluding hydrogens is 615 g/mol. The lowest BCUT2D eigenvalue weighted by atomic mass is 9.98. The van der Waals surface area contributed by atoms with Crippen molar-refractivity contribution in [3.05, 3.63) is 124 Å². The van der Waals surface area contributed by atoms with Crippen molar-refractivity contribution in [3.63, 3.8) is 0 Å². The number of nitrogens with one attached hydrogen (secondary N) is 1. The summed E-state index contributed by atoms with van der Waals surface area (Å²) in [7, 11) is -3.90. The van der Waals surface area contributed by atoms with Gasteiger partial charge in [-0.05, 0) is 77.1 Å². The van der Waals surface area contributed by atoms with E-state index in [0.717, 1.165) is 38.9 Å². The van der Waals surface area contributed by atoms with Crippen molar-refractivity contribution in [1.29, 1.82) is 0 Å². The number of carbonyl (C=O) groups is 1. The van der Waals surface area contributed by atoms with Gasteiger partial charge in [-0.3, -0.25) is 4.79 Å². The molecule has 2 heterocycles. The maximum Gasteiger partial charge on any atom is 0.326 e. The van der Waals surface area contributed by atoms with Crippen molar-refractivity contribution < 1.29 is 13.2 Å². The van der Waals surface area contributed by atoms with Crippen molar-refractivity contribution in [1.82, 2.24) is 14.3 Å². The Morgan fingerprint density at radius 3 is 2.02 bits per heavy atom. The van der Waals surface area contributed by atoms with Crippen molar-refractivity contribution in [2.24, 2.45) is 5.92 Å². The average Bonchev–Trinajstić information content (AvgIpc) is 3.52. The first kappa shape index (κ1) is 29.9. The Kier molecular flexibility index (Phi) is 8.24. The fourth-order valence-corrected chi connectivity index (χ4v) is 7.01. The number of halogens is 2. The van der Waals surface area contributed by atoms with Crippen LogP contribution in [0.4, 0.5) is 5.69 Å². The molecule has 0 spiro atoms. The number of benzene rings is 4. The topological polar surface area (TPSA) is 84.3 Å². The van der Waals surface area contributed by atoms with Gasteiger partial charge in [-0.2, -0.15) is 8.42 Å². The first-order valence-corrected chi connectivity index (χ1v) is 16.4. The summed E-state index contributed by atoms with van der Waals surface area (Å²) in [6.45, 7) is 4.19. The van der Waals surface area contributed by atoms with Crippen LogP contribution in [0.25, 0.3) is 28.1 Å². The molecule has 7 nitrogen and oxygen atoms in total. The van der Waals surface area contributed by atoms with Crippen LogP contribution in [0.3, 0.4) is 0 Å². The first-order valence-electron chi connectivity index (χ1n) is 14.2. The fraction of sp³-hybridized carbons (Fsp3) is 0.176. The molecule has 4 aromatic carbocycles. The molecule has 1 aliphatic heterocycles. The average molecular weight is 646 g/mol. The zero-order valence-electron chi connectivity index (χ0n) is 24.2. The molecule has 0 radical (unpaired) electrons. The van der Waals surface area contributed by atoms with Gasteiger partial charge in [0, 0.05) is 28.9 Å². The molecule has 0 unspecified atom stereocenters. The smallest absolute Gasteiger partial charge is 0.303 e. The van der Waals surface area contributed by atoms with Crippen LogP contribution < -0.4 is 9.03 Å². The van der Waals surface area contributed by atoms with Crippen molar-refractivity contribution in [3.8, 4) is 28.1 Å². The SMILES string of the molecule is CC(C)Cc1ccc(-c2ccc(Cc3nc(-c4ccc(Cl)cc4Cl)cn3-c3ccc(N4CC(=O)NS4(=O)=O)cc3)cc2)cc1. The minimum atomic E-state index is -3.90. The van der Waals surface area contributed by atoms with Gasteiger partial charge in [-0.1, -0.05) is 85.6 Å². The van der Waals surface area contributed by atoms with Gasteiger partial charge in [0.2, 0.25) is 0 Å². The van der Waals surface area contributed by atoms with E-state index in [4.69, 9.17) is 28.2 Å². The molecule has 224 valence electrons. The second-order valence-corrected chi connectivity index (χ2v) is 13.7. The van der Waals surface area contributed by atoms with Gasteiger partial charge in [0.1, 0.15) is 12.4 Å². The molecule has 6 rings (SSSR count). The number of carbonyl (C=O) groups excluding carboxylic acids is 1. The molecule has 0 bridgehead atoms. The molecule has 44 heavy (non-hydrogen) atoms. The summed E-state index contributed by atoms with van der Waals surface area (Å²) in [5.41, 5.74) is 7.32. The Bertz CT molecular complexity index is 1940. The summed E-state index contributed by atoms with van der Waals surface area (Å²) >= 11 is 12.7. The predicted molar refractivity (Wildman–Crippen MR) is 177 cm³/mol. The minimum absolute atomic E-state index is 0.255. The van der Waals surface area contributed by atoms with E-state index in [2.05, 4.69) is 62.4 Å². The minimum Gasteiger partial charge on any atom is -0.303 e. The molecule has 1 amide bonds. The zero-order valence-corrected chi connectivity index (χ0v) is 26.5.